The van der Waals surface area contributed by atoms with E-state index in [0.29, 0.717) is 5.56 Å². The topological polar surface area (TPSA) is 60.2 Å². The van der Waals surface area contributed by atoms with Gasteiger partial charge in [0.05, 0.1) is 17.3 Å². The van der Waals surface area contributed by atoms with Gasteiger partial charge in [-0.25, -0.2) is 0 Å². The summed E-state index contributed by atoms with van der Waals surface area (Å²) in [5.41, 5.74) is 2.97. The number of nitriles is 1. The number of aromatic nitrogens is 1. The second-order valence-electron chi connectivity index (χ2n) is 7.74. The van der Waals surface area contributed by atoms with Crippen LogP contribution in [0.4, 0.5) is 0 Å². The highest BCUT2D eigenvalue weighted by molar-refractivity contribution is 5.94. The summed E-state index contributed by atoms with van der Waals surface area (Å²) in [6.07, 6.45) is 8.02. The van der Waals surface area contributed by atoms with Crippen molar-refractivity contribution in [3.8, 4) is 17.3 Å². The summed E-state index contributed by atoms with van der Waals surface area (Å²) in [5, 5.41) is 9.05. The molecule has 0 radical (unpaired) electrons. The molecule has 0 unspecified atom stereocenters. The molecular weight excluding hydrogens is 348 g/mol. The lowest BCUT2D eigenvalue weighted by Gasteiger charge is -2.27. The second-order valence-corrected chi connectivity index (χ2v) is 7.74. The van der Waals surface area contributed by atoms with Crippen LogP contribution in [0.3, 0.4) is 0 Å². The van der Waals surface area contributed by atoms with Crippen LogP contribution in [0.5, 0.6) is 0 Å². The fourth-order valence-electron chi connectivity index (χ4n) is 4.40. The monoisotopic (exact) mass is 374 g/mol. The maximum Gasteiger partial charge on any atom is 0.253 e. The summed E-state index contributed by atoms with van der Waals surface area (Å²) in [4.78, 5) is 21.9. The number of pyridine rings is 1. The van der Waals surface area contributed by atoms with Crippen molar-refractivity contribution in [2.24, 2.45) is 0 Å². The molecule has 5 nitrogen and oxygen atoms in total. The van der Waals surface area contributed by atoms with E-state index in [1.54, 1.807) is 18.3 Å². The molecule has 144 valence electrons. The van der Waals surface area contributed by atoms with E-state index in [1.807, 2.05) is 29.2 Å². The Morgan fingerprint density at radius 3 is 2.54 bits per heavy atom. The number of rotatable bonds is 3. The number of amides is 1. The van der Waals surface area contributed by atoms with Crippen molar-refractivity contribution < 1.29 is 4.79 Å². The summed E-state index contributed by atoms with van der Waals surface area (Å²) in [7, 11) is 0. The van der Waals surface area contributed by atoms with Crippen LogP contribution < -0.4 is 0 Å². The zero-order chi connectivity index (χ0) is 19.3. The third kappa shape index (κ3) is 4.07. The Morgan fingerprint density at radius 2 is 1.79 bits per heavy atom. The fourth-order valence-corrected chi connectivity index (χ4v) is 4.40. The molecule has 0 N–H and O–H groups in total. The first kappa shape index (κ1) is 18.6. The van der Waals surface area contributed by atoms with Crippen LogP contribution in [0.1, 0.15) is 48.0 Å². The standard InChI is InChI=1S/C23H26N4O/c24-17-18-10-11-25-22(16-18)19-6-8-20(9-7-19)23(28)27-13-3-12-26(14-15-27)21-4-1-2-5-21/h6-11,16,21H,1-5,12-15H2. The molecular formula is C23H26N4O. The van der Waals surface area contributed by atoms with E-state index in [-0.39, 0.29) is 5.91 Å². The zero-order valence-corrected chi connectivity index (χ0v) is 16.2. The summed E-state index contributed by atoms with van der Waals surface area (Å²) in [6.45, 7) is 3.73. The highest BCUT2D eigenvalue weighted by atomic mass is 16.2. The van der Waals surface area contributed by atoms with E-state index in [9.17, 15) is 4.79 Å². The van der Waals surface area contributed by atoms with Gasteiger partial charge in [-0.1, -0.05) is 25.0 Å². The van der Waals surface area contributed by atoms with Gasteiger partial charge in [0.1, 0.15) is 0 Å². The van der Waals surface area contributed by atoms with Gasteiger partial charge < -0.3 is 4.90 Å². The Balaban J connectivity index is 1.42. The molecule has 1 saturated carbocycles. The smallest absolute Gasteiger partial charge is 0.253 e. The highest BCUT2D eigenvalue weighted by Gasteiger charge is 2.26. The van der Waals surface area contributed by atoms with Gasteiger partial charge in [-0.3, -0.25) is 14.7 Å². The van der Waals surface area contributed by atoms with Gasteiger partial charge in [-0.05, 0) is 43.5 Å². The van der Waals surface area contributed by atoms with Crippen molar-refractivity contribution in [1.29, 1.82) is 5.26 Å². The van der Waals surface area contributed by atoms with Gasteiger partial charge in [-0.2, -0.15) is 5.26 Å². The maximum atomic E-state index is 13.0. The molecule has 2 heterocycles. The van der Waals surface area contributed by atoms with Gasteiger partial charge >= 0.3 is 0 Å². The Labute approximate surface area is 166 Å². The molecule has 2 aliphatic rings. The minimum atomic E-state index is 0.110. The van der Waals surface area contributed by atoms with E-state index in [4.69, 9.17) is 5.26 Å². The molecule has 2 aromatic rings. The van der Waals surface area contributed by atoms with Crippen molar-refractivity contribution in [2.45, 2.75) is 38.1 Å². The Morgan fingerprint density at radius 1 is 1.00 bits per heavy atom. The number of carbonyl (C=O) groups is 1. The highest BCUT2D eigenvalue weighted by Crippen LogP contribution is 2.25. The predicted molar refractivity (Wildman–Crippen MR) is 109 cm³/mol. The Bertz CT molecular complexity index is 865. The largest absolute Gasteiger partial charge is 0.337 e. The molecule has 1 amide bonds. The van der Waals surface area contributed by atoms with E-state index in [1.165, 1.54) is 25.7 Å². The first-order valence-corrected chi connectivity index (χ1v) is 10.2. The van der Waals surface area contributed by atoms with Crippen molar-refractivity contribution in [2.75, 3.05) is 26.2 Å². The molecule has 0 spiro atoms. The molecule has 1 aromatic carbocycles. The molecule has 1 saturated heterocycles. The normalized spacial score (nSPS) is 18.6. The Kier molecular flexibility index (Phi) is 5.68. The molecule has 28 heavy (non-hydrogen) atoms. The first-order valence-electron chi connectivity index (χ1n) is 10.2. The van der Waals surface area contributed by atoms with Crippen molar-refractivity contribution >= 4 is 5.91 Å². The van der Waals surface area contributed by atoms with Crippen LogP contribution in [-0.4, -0.2) is 52.9 Å². The fraction of sp³-hybridized carbons (Fsp3) is 0.435. The average Bonchev–Trinajstić information content (AvgIpc) is 3.18. The Hall–Kier alpha value is -2.71. The lowest BCUT2D eigenvalue weighted by molar-refractivity contribution is 0.0758. The predicted octanol–water partition coefficient (Wildman–Crippen LogP) is 3.71. The van der Waals surface area contributed by atoms with Crippen LogP contribution >= 0.6 is 0 Å². The van der Waals surface area contributed by atoms with Crippen LogP contribution in [0, 0.1) is 11.3 Å². The third-order valence-electron chi connectivity index (χ3n) is 5.98. The molecule has 5 heteroatoms. The number of benzene rings is 1. The van der Waals surface area contributed by atoms with E-state index in [2.05, 4.69) is 16.0 Å². The van der Waals surface area contributed by atoms with Crippen LogP contribution in [0.2, 0.25) is 0 Å². The van der Waals surface area contributed by atoms with E-state index in [0.717, 1.165) is 55.5 Å². The molecule has 0 atom stereocenters. The summed E-state index contributed by atoms with van der Waals surface area (Å²) in [5.74, 6) is 0.110. The number of nitrogens with zero attached hydrogens (tertiary/aromatic N) is 4. The lowest BCUT2D eigenvalue weighted by atomic mass is 10.1. The van der Waals surface area contributed by atoms with Crippen LogP contribution in [0.15, 0.2) is 42.6 Å². The summed E-state index contributed by atoms with van der Waals surface area (Å²) >= 11 is 0. The zero-order valence-electron chi connectivity index (χ0n) is 16.2. The second kappa shape index (κ2) is 8.53. The number of carbonyl (C=O) groups excluding carboxylic acids is 1. The molecule has 1 aromatic heterocycles. The maximum absolute atomic E-state index is 13.0. The van der Waals surface area contributed by atoms with Crippen LogP contribution in [0.25, 0.3) is 11.3 Å². The lowest BCUT2D eigenvalue weighted by Crippen LogP contribution is -2.38. The van der Waals surface area contributed by atoms with Gasteiger partial charge in [0.2, 0.25) is 0 Å². The molecule has 1 aliphatic carbocycles. The number of hydrogen-bond donors (Lipinski definition) is 0. The molecule has 0 bridgehead atoms. The van der Waals surface area contributed by atoms with Crippen molar-refractivity contribution in [3.05, 3.63) is 53.7 Å². The first-order chi connectivity index (χ1) is 13.7. The van der Waals surface area contributed by atoms with Crippen LogP contribution in [-0.2, 0) is 0 Å². The minimum absolute atomic E-state index is 0.110. The van der Waals surface area contributed by atoms with Crippen molar-refractivity contribution in [3.63, 3.8) is 0 Å². The van der Waals surface area contributed by atoms with E-state index >= 15 is 0 Å². The summed E-state index contributed by atoms with van der Waals surface area (Å²) in [6, 6.07) is 13.9. The number of hydrogen-bond acceptors (Lipinski definition) is 4. The van der Waals surface area contributed by atoms with Gasteiger partial charge in [-0.15, -0.1) is 0 Å². The molecule has 4 rings (SSSR count). The van der Waals surface area contributed by atoms with Gasteiger partial charge in [0.15, 0.2) is 0 Å². The quantitative estimate of drug-likeness (QED) is 0.822. The third-order valence-corrected chi connectivity index (χ3v) is 5.98. The molecule has 1 aliphatic heterocycles. The van der Waals surface area contributed by atoms with E-state index < -0.39 is 0 Å². The minimum Gasteiger partial charge on any atom is -0.337 e. The average molecular weight is 374 g/mol. The molecule has 2 fully saturated rings. The van der Waals surface area contributed by atoms with Gasteiger partial charge in [0.25, 0.3) is 5.91 Å². The SMILES string of the molecule is N#Cc1ccnc(-c2ccc(C(=O)N3CCCN(C4CCCC4)CC3)cc2)c1. The van der Waals surface area contributed by atoms with Gasteiger partial charge in [0, 0.05) is 49.5 Å². The summed E-state index contributed by atoms with van der Waals surface area (Å²) < 4.78 is 0. The van der Waals surface area contributed by atoms with Crippen molar-refractivity contribution in [1.82, 2.24) is 14.8 Å².